The van der Waals surface area contributed by atoms with Gasteiger partial charge in [0.15, 0.2) is 0 Å². The average molecular weight is 449 g/mol. The third kappa shape index (κ3) is 4.88. The number of hydrogen-bond donors (Lipinski definition) is 0. The highest BCUT2D eigenvalue weighted by molar-refractivity contribution is 9.10. The van der Waals surface area contributed by atoms with Crippen LogP contribution in [-0.4, -0.2) is 6.21 Å². The maximum absolute atomic E-state index is 6.18. The molecule has 0 bridgehead atoms. The summed E-state index contributed by atoms with van der Waals surface area (Å²) in [6, 6.07) is 19.2. The first-order valence-electron chi connectivity index (χ1n) is 7.99. The van der Waals surface area contributed by atoms with Crippen LogP contribution >= 0.6 is 39.1 Å². The Balaban J connectivity index is 1.70. The average Bonchev–Trinajstić information content (AvgIpc) is 2.61. The van der Waals surface area contributed by atoms with Crippen LogP contribution in [0.2, 0.25) is 10.0 Å². The lowest BCUT2D eigenvalue weighted by Gasteiger charge is -2.10. The lowest BCUT2D eigenvalue weighted by Crippen LogP contribution is -1.97. The van der Waals surface area contributed by atoms with Crippen LogP contribution in [0, 0.1) is 6.92 Å². The van der Waals surface area contributed by atoms with E-state index in [1.165, 1.54) is 0 Å². The van der Waals surface area contributed by atoms with Crippen molar-refractivity contribution in [2.45, 2.75) is 13.5 Å². The molecule has 0 aliphatic heterocycles. The van der Waals surface area contributed by atoms with E-state index in [9.17, 15) is 0 Å². The van der Waals surface area contributed by atoms with E-state index in [1.807, 2.05) is 61.7 Å². The lowest BCUT2D eigenvalue weighted by atomic mass is 10.2. The molecule has 0 aliphatic rings. The van der Waals surface area contributed by atoms with Crippen molar-refractivity contribution in [3.63, 3.8) is 0 Å². The summed E-state index contributed by atoms with van der Waals surface area (Å²) in [6.07, 6.45) is 1.84. The molecule has 0 fully saturated rings. The van der Waals surface area contributed by atoms with Gasteiger partial charge in [0.05, 0.1) is 10.2 Å². The molecule has 0 N–H and O–H groups in total. The summed E-state index contributed by atoms with van der Waals surface area (Å²) in [6.45, 7) is 2.41. The largest absolute Gasteiger partial charge is 0.488 e. The van der Waals surface area contributed by atoms with E-state index < -0.39 is 0 Å². The molecule has 0 atom stereocenters. The van der Waals surface area contributed by atoms with Crippen LogP contribution in [0.15, 0.2) is 70.1 Å². The summed E-state index contributed by atoms with van der Waals surface area (Å²) >= 11 is 15.6. The van der Waals surface area contributed by atoms with Crippen LogP contribution in [-0.2, 0) is 6.61 Å². The molecule has 0 spiro atoms. The summed E-state index contributed by atoms with van der Waals surface area (Å²) in [7, 11) is 0. The Bertz CT molecular complexity index is 956. The van der Waals surface area contributed by atoms with Gasteiger partial charge in [0.1, 0.15) is 12.4 Å². The van der Waals surface area contributed by atoms with Gasteiger partial charge in [-0.1, -0.05) is 47.5 Å². The van der Waals surface area contributed by atoms with Gasteiger partial charge >= 0.3 is 0 Å². The second-order valence-electron chi connectivity index (χ2n) is 5.76. The zero-order valence-electron chi connectivity index (χ0n) is 14.0. The zero-order valence-corrected chi connectivity index (χ0v) is 17.1. The molecule has 0 aromatic heterocycles. The molecule has 0 radical (unpaired) electrons. The molecule has 0 unspecified atom stereocenters. The SMILES string of the molecule is Cc1ccccc1N=Cc1ccc(OCc2ccc(Cl)cc2Cl)c(Br)c1. The van der Waals surface area contributed by atoms with Crippen molar-refractivity contribution in [2.24, 2.45) is 4.99 Å². The summed E-state index contributed by atoms with van der Waals surface area (Å²) in [5, 5.41) is 1.20. The molecule has 2 nitrogen and oxygen atoms in total. The number of benzene rings is 3. The van der Waals surface area contributed by atoms with E-state index >= 15 is 0 Å². The van der Waals surface area contributed by atoms with Gasteiger partial charge in [0.25, 0.3) is 0 Å². The molecule has 0 saturated heterocycles. The Morgan fingerprint density at radius 3 is 2.58 bits per heavy atom. The van der Waals surface area contributed by atoms with Gasteiger partial charge in [-0.2, -0.15) is 0 Å². The highest BCUT2D eigenvalue weighted by Crippen LogP contribution is 2.28. The predicted molar refractivity (Wildman–Crippen MR) is 113 cm³/mol. The second kappa shape index (κ2) is 8.72. The summed E-state index contributed by atoms with van der Waals surface area (Å²) < 4.78 is 6.72. The number of hydrogen-bond acceptors (Lipinski definition) is 2. The van der Waals surface area contributed by atoms with Gasteiger partial charge in [-0.15, -0.1) is 0 Å². The normalized spacial score (nSPS) is 11.1. The quantitative estimate of drug-likeness (QED) is 0.372. The van der Waals surface area contributed by atoms with Crippen LogP contribution in [0.3, 0.4) is 0 Å². The Hall–Kier alpha value is -1.81. The number of nitrogens with zero attached hydrogens (tertiary/aromatic N) is 1. The van der Waals surface area contributed by atoms with E-state index in [-0.39, 0.29) is 0 Å². The highest BCUT2D eigenvalue weighted by Gasteiger charge is 2.06. The first kappa shape index (κ1) is 19.0. The molecule has 0 saturated carbocycles. The Morgan fingerprint density at radius 2 is 1.85 bits per heavy atom. The first-order valence-corrected chi connectivity index (χ1v) is 9.54. The minimum Gasteiger partial charge on any atom is -0.488 e. The van der Waals surface area contributed by atoms with Crippen molar-refractivity contribution in [3.05, 3.63) is 91.9 Å². The van der Waals surface area contributed by atoms with Crippen LogP contribution in [0.1, 0.15) is 16.7 Å². The number of aryl methyl sites for hydroxylation is 1. The van der Waals surface area contributed by atoms with E-state index in [0.717, 1.165) is 32.6 Å². The Kier molecular flexibility index (Phi) is 6.36. The number of para-hydroxylation sites is 1. The van der Waals surface area contributed by atoms with Crippen molar-refractivity contribution in [1.29, 1.82) is 0 Å². The second-order valence-corrected chi connectivity index (χ2v) is 7.46. The molecular weight excluding hydrogens is 433 g/mol. The van der Waals surface area contributed by atoms with Gasteiger partial charge in [-0.05, 0) is 70.4 Å². The third-order valence-electron chi connectivity index (χ3n) is 3.82. The van der Waals surface area contributed by atoms with Gasteiger partial charge in [-0.3, -0.25) is 4.99 Å². The maximum Gasteiger partial charge on any atom is 0.134 e. The van der Waals surface area contributed by atoms with Crippen molar-refractivity contribution in [2.75, 3.05) is 0 Å². The van der Waals surface area contributed by atoms with Gasteiger partial charge in [-0.25, -0.2) is 0 Å². The van der Waals surface area contributed by atoms with Crippen molar-refractivity contribution in [3.8, 4) is 5.75 Å². The van der Waals surface area contributed by atoms with Crippen LogP contribution in [0.5, 0.6) is 5.75 Å². The number of aliphatic imine (C=N–C) groups is 1. The number of halogens is 3. The van der Waals surface area contributed by atoms with E-state index in [2.05, 4.69) is 20.9 Å². The molecule has 3 aromatic rings. The Morgan fingerprint density at radius 1 is 1.04 bits per heavy atom. The summed E-state index contributed by atoms with van der Waals surface area (Å²) in [5.74, 6) is 0.740. The van der Waals surface area contributed by atoms with E-state index in [4.69, 9.17) is 27.9 Å². The molecule has 0 amide bonds. The number of ether oxygens (including phenoxy) is 1. The monoisotopic (exact) mass is 447 g/mol. The third-order valence-corrected chi connectivity index (χ3v) is 5.03. The highest BCUT2D eigenvalue weighted by atomic mass is 79.9. The fraction of sp³-hybridized carbons (Fsp3) is 0.0952. The molecule has 3 aromatic carbocycles. The smallest absolute Gasteiger partial charge is 0.134 e. The first-order chi connectivity index (χ1) is 12.5. The fourth-order valence-corrected chi connectivity index (χ4v) is 3.34. The molecule has 3 rings (SSSR count). The molecule has 132 valence electrons. The van der Waals surface area contributed by atoms with E-state index in [1.54, 1.807) is 12.1 Å². The van der Waals surface area contributed by atoms with Crippen molar-refractivity contribution < 1.29 is 4.74 Å². The molecule has 5 heteroatoms. The van der Waals surface area contributed by atoms with Crippen molar-refractivity contribution >= 4 is 51.0 Å². The molecular formula is C21H16BrCl2NO. The maximum atomic E-state index is 6.18. The lowest BCUT2D eigenvalue weighted by molar-refractivity contribution is 0.304. The van der Waals surface area contributed by atoms with Crippen LogP contribution in [0.4, 0.5) is 5.69 Å². The Labute approximate surface area is 171 Å². The predicted octanol–water partition coefficient (Wildman–Crippen LogP) is 7.39. The van der Waals surface area contributed by atoms with Gasteiger partial charge in [0, 0.05) is 21.8 Å². The van der Waals surface area contributed by atoms with E-state index in [0.29, 0.717) is 16.7 Å². The fourth-order valence-electron chi connectivity index (χ4n) is 2.36. The number of rotatable bonds is 5. The minimum atomic E-state index is 0.366. The van der Waals surface area contributed by atoms with Crippen LogP contribution in [0.25, 0.3) is 0 Å². The summed E-state index contributed by atoms with van der Waals surface area (Å²) in [5.41, 5.74) is 3.97. The molecule has 0 aliphatic carbocycles. The van der Waals surface area contributed by atoms with Gasteiger partial charge in [0.2, 0.25) is 0 Å². The minimum absolute atomic E-state index is 0.366. The molecule has 0 heterocycles. The summed E-state index contributed by atoms with van der Waals surface area (Å²) in [4.78, 5) is 4.54. The topological polar surface area (TPSA) is 21.6 Å². The van der Waals surface area contributed by atoms with Crippen LogP contribution < -0.4 is 4.74 Å². The van der Waals surface area contributed by atoms with Crippen molar-refractivity contribution in [1.82, 2.24) is 0 Å². The molecule has 26 heavy (non-hydrogen) atoms. The van der Waals surface area contributed by atoms with Gasteiger partial charge < -0.3 is 4.74 Å². The zero-order chi connectivity index (χ0) is 18.5. The standard InChI is InChI=1S/C21H16BrCl2NO/c1-14-4-2-3-5-20(14)25-12-15-6-9-21(18(22)10-15)26-13-16-7-8-17(23)11-19(16)24/h2-12H,13H2,1H3.